The van der Waals surface area contributed by atoms with E-state index in [9.17, 15) is 14.4 Å². The van der Waals surface area contributed by atoms with Crippen LogP contribution < -0.4 is 16.2 Å². The van der Waals surface area contributed by atoms with Gasteiger partial charge in [-0.3, -0.25) is 19.7 Å². The number of carbonyl (C=O) groups is 2. The average molecular weight is 257 g/mol. The van der Waals surface area contributed by atoms with Crippen molar-refractivity contribution in [2.45, 2.75) is 18.9 Å². The quantitative estimate of drug-likeness (QED) is 0.627. The number of amides is 2. The molecule has 0 bridgehead atoms. The molecule has 0 spiro atoms. The fourth-order valence-electron chi connectivity index (χ4n) is 1.48. The van der Waals surface area contributed by atoms with Crippen LogP contribution in [-0.4, -0.2) is 27.8 Å². The average Bonchev–Trinajstić information content (AvgIpc) is 2.28. The zero-order chi connectivity index (χ0) is 12.4. The molecule has 8 heteroatoms. The molecule has 1 saturated heterocycles. The molecule has 2 amide bonds. The summed E-state index contributed by atoms with van der Waals surface area (Å²) in [5.41, 5.74) is -0.489. The molecule has 1 aromatic heterocycles. The Bertz CT molecular complexity index is 527. The summed E-state index contributed by atoms with van der Waals surface area (Å²) in [7, 11) is 0. The Kier molecular flexibility index (Phi) is 3.10. The van der Waals surface area contributed by atoms with Crippen molar-refractivity contribution in [3.63, 3.8) is 0 Å². The molecule has 0 radical (unpaired) electrons. The third kappa shape index (κ3) is 2.44. The highest BCUT2D eigenvalue weighted by Crippen LogP contribution is 2.16. The minimum atomic E-state index is -0.612. The van der Waals surface area contributed by atoms with Gasteiger partial charge in [-0.25, -0.2) is 4.98 Å². The van der Waals surface area contributed by atoms with Gasteiger partial charge < -0.3 is 10.3 Å². The topological polar surface area (TPSA) is 104 Å². The van der Waals surface area contributed by atoms with Gasteiger partial charge in [-0.1, -0.05) is 11.6 Å². The van der Waals surface area contributed by atoms with Crippen molar-refractivity contribution in [1.82, 2.24) is 15.3 Å². The predicted octanol–water partition coefficient (Wildman–Crippen LogP) is -0.360. The first-order valence-electron chi connectivity index (χ1n) is 4.91. The maximum absolute atomic E-state index is 11.5. The van der Waals surface area contributed by atoms with Crippen LogP contribution in [0.5, 0.6) is 0 Å². The molecule has 1 aliphatic heterocycles. The maximum atomic E-state index is 11.5. The zero-order valence-corrected chi connectivity index (χ0v) is 9.37. The standard InChI is InChI=1S/C9H9ClN4O3/c10-6-7(11-3-12-9(6)17)13-4-1-2-5(15)14-8(4)16/h3-4H,1-2H2,(H,14,15,16)(H2,11,12,13,17). The summed E-state index contributed by atoms with van der Waals surface area (Å²) < 4.78 is 0. The number of nitrogens with zero attached hydrogens (tertiary/aromatic N) is 1. The fourth-order valence-corrected chi connectivity index (χ4v) is 1.64. The number of hydrogen-bond acceptors (Lipinski definition) is 5. The summed E-state index contributed by atoms with van der Waals surface area (Å²) in [4.78, 5) is 39.7. The molecule has 1 unspecified atom stereocenters. The number of carbonyl (C=O) groups excluding carboxylic acids is 2. The number of aromatic nitrogens is 2. The van der Waals surface area contributed by atoms with Crippen LogP contribution in [-0.2, 0) is 9.59 Å². The third-order valence-electron chi connectivity index (χ3n) is 2.35. The second-order valence-electron chi connectivity index (χ2n) is 3.54. The Labute approximate surface area is 101 Å². The highest BCUT2D eigenvalue weighted by atomic mass is 35.5. The van der Waals surface area contributed by atoms with Crippen LogP contribution in [0.4, 0.5) is 5.82 Å². The first-order valence-corrected chi connectivity index (χ1v) is 5.29. The molecule has 7 nitrogen and oxygen atoms in total. The van der Waals surface area contributed by atoms with Gasteiger partial charge in [0.2, 0.25) is 11.8 Å². The van der Waals surface area contributed by atoms with Crippen LogP contribution in [0.2, 0.25) is 5.02 Å². The largest absolute Gasteiger partial charge is 0.357 e. The Balaban J connectivity index is 2.16. The summed E-state index contributed by atoms with van der Waals surface area (Å²) in [6.45, 7) is 0. The number of H-pyrrole nitrogens is 1. The lowest BCUT2D eigenvalue weighted by Gasteiger charge is -2.22. The normalized spacial score (nSPS) is 19.9. The minimum absolute atomic E-state index is 0.114. The molecule has 90 valence electrons. The lowest BCUT2D eigenvalue weighted by Crippen LogP contribution is -2.47. The SMILES string of the molecule is O=C1CCC(Nc2nc[nH]c(=O)c2Cl)C(=O)N1. The molecule has 1 atom stereocenters. The second-order valence-corrected chi connectivity index (χ2v) is 3.92. The van der Waals surface area contributed by atoms with Crippen LogP contribution in [0.25, 0.3) is 0 Å². The molecule has 0 saturated carbocycles. The first kappa shape index (κ1) is 11.6. The molecule has 1 aliphatic rings. The van der Waals surface area contributed by atoms with Crippen molar-refractivity contribution < 1.29 is 9.59 Å². The number of aromatic amines is 1. The van der Waals surface area contributed by atoms with E-state index in [4.69, 9.17) is 11.6 Å². The highest BCUT2D eigenvalue weighted by molar-refractivity contribution is 6.32. The van der Waals surface area contributed by atoms with E-state index in [0.29, 0.717) is 6.42 Å². The van der Waals surface area contributed by atoms with Gasteiger partial charge in [-0.15, -0.1) is 0 Å². The number of hydrogen-bond donors (Lipinski definition) is 3. The smallest absolute Gasteiger partial charge is 0.271 e. The molecule has 0 aromatic carbocycles. The van der Waals surface area contributed by atoms with Gasteiger partial charge in [0.25, 0.3) is 5.56 Å². The van der Waals surface area contributed by atoms with Crippen molar-refractivity contribution in [3.05, 3.63) is 21.7 Å². The van der Waals surface area contributed by atoms with Gasteiger partial charge >= 0.3 is 0 Å². The number of halogens is 1. The van der Waals surface area contributed by atoms with Crippen LogP contribution in [0.1, 0.15) is 12.8 Å². The molecule has 2 rings (SSSR count). The summed E-state index contributed by atoms with van der Waals surface area (Å²) in [6, 6.07) is -0.612. The van der Waals surface area contributed by atoms with Gasteiger partial charge in [0.1, 0.15) is 11.1 Å². The van der Waals surface area contributed by atoms with Crippen molar-refractivity contribution in [2.75, 3.05) is 5.32 Å². The Morgan fingerprint density at radius 2 is 2.18 bits per heavy atom. The summed E-state index contributed by atoms with van der Waals surface area (Å²) >= 11 is 5.72. The van der Waals surface area contributed by atoms with E-state index < -0.39 is 17.5 Å². The highest BCUT2D eigenvalue weighted by Gasteiger charge is 2.27. The van der Waals surface area contributed by atoms with E-state index in [1.165, 1.54) is 6.33 Å². The van der Waals surface area contributed by atoms with Gasteiger partial charge in [-0.05, 0) is 6.42 Å². The summed E-state index contributed by atoms with van der Waals surface area (Å²) in [5.74, 6) is -0.623. The maximum Gasteiger partial charge on any atom is 0.271 e. The summed E-state index contributed by atoms with van der Waals surface area (Å²) in [6.07, 6.45) is 1.77. The van der Waals surface area contributed by atoms with Crippen molar-refractivity contribution in [1.29, 1.82) is 0 Å². The van der Waals surface area contributed by atoms with Crippen LogP contribution in [0.3, 0.4) is 0 Å². The van der Waals surface area contributed by atoms with Crippen molar-refractivity contribution in [2.24, 2.45) is 0 Å². The van der Waals surface area contributed by atoms with E-state index in [0.717, 1.165) is 0 Å². The lowest BCUT2D eigenvalue weighted by molar-refractivity contribution is -0.133. The molecule has 1 fully saturated rings. The molecule has 3 N–H and O–H groups in total. The fraction of sp³-hybridized carbons (Fsp3) is 0.333. The zero-order valence-electron chi connectivity index (χ0n) is 8.62. The predicted molar refractivity (Wildman–Crippen MR) is 59.7 cm³/mol. The van der Waals surface area contributed by atoms with Gasteiger partial charge in [0, 0.05) is 6.42 Å². The Hall–Kier alpha value is -1.89. The van der Waals surface area contributed by atoms with Gasteiger partial charge in [0.05, 0.1) is 6.33 Å². The van der Waals surface area contributed by atoms with E-state index in [1.54, 1.807) is 0 Å². The molecule has 1 aromatic rings. The number of nitrogens with one attached hydrogen (secondary N) is 3. The molecule has 0 aliphatic carbocycles. The molecule has 2 heterocycles. The molecular formula is C9H9ClN4O3. The Morgan fingerprint density at radius 1 is 1.41 bits per heavy atom. The minimum Gasteiger partial charge on any atom is -0.357 e. The number of anilines is 1. The van der Waals surface area contributed by atoms with Gasteiger partial charge in [0.15, 0.2) is 5.82 Å². The Morgan fingerprint density at radius 3 is 2.88 bits per heavy atom. The number of piperidine rings is 1. The summed E-state index contributed by atoms with van der Waals surface area (Å²) in [5, 5.41) is 4.81. The van der Waals surface area contributed by atoms with Gasteiger partial charge in [-0.2, -0.15) is 0 Å². The molecular weight excluding hydrogens is 248 g/mol. The first-order chi connectivity index (χ1) is 8.08. The lowest BCUT2D eigenvalue weighted by atomic mass is 10.1. The monoisotopic (exact) mass is 256 g/mol. The van der Waals surface area contributed by atoms with Crippen LogP contribution in [0, 0.1) is 0 Å². The third-order valence-corrected chi connectivity index (χ3v) is 2.70. The second kappa shape index (κ2) is 4.54. The van der Waals surface area contributed by atoms with E-state index in [1.807, 2.05) is 0 Å². The number of imide groups is 1. The van der Waals surface area contributed by atoms with E-state index >= 15 is 0 Å². The van der Waals surface area contributed by atoms with Crippen molar-refractivity contribution >= 4 is 29.2 Å². The number of rotatable bonds is 2. The van der Waals surface area contributed by atoms with Crippen molar-refractivity contribution in [3.8, 4) is 0 Å². The van der Waals surface area contributed by atoms with E-state index in [-0.39, 0.29) is 23.2 Å². The van der Waals surface area contributed by atoms with Crippen LogP contribution >= 0.6 is 11.6 Å². The van der Waals surface area contributed by atoms with Crippen LogP contribution in [0.15, 0.2) is 11.1 Å². The van der Waals surface area contributed by atoms with E-state index in [2.05, 4.69) is 20.6 Å². The molecule has 17 heavy (non-hydrogen) atoms.